The Morgan fingerprint density at radius 2 is 2.13 bits per heavy atom. The predicted octanol–water partition coefficient (Wildman–Crippen LogP) is 2.95. The Bertz CT molecular complexity index is 574. The van der Waals surface area contributed by atoms with Crippen LogP contribution < -0.4 is 4.74 Å². The molecular formula is C11H9NOS2. The summed E-state index contributed by atoms with van der Waals surface area (Å²) in [6, 6.07) is 9.53. The highest BCUT2D eigenvalue weighted by Gasteiger charge is 2.07. The third-order valence-corrected chi connectivity index (χ3v) is 3.72. The minimum atomic E-state index is -0.0342. The van der Waals surface area contributed by atoms with Crippen LogP contribution in [0.3, 0.4) is 0 Å². The van der Waals surface area contributed by atoms with Crippen LogP contribution in [-0.2, 0) is 0 Å². The van der Waals surface area contributed by atoms with Crippen LogP contribution in [0.1, 0.15) is 5.56 Å². The van der Waals surface area contributed by atoms with Crippen molar-refractivity contribution in [3.05, 3.63) is 45.4 Å². The fraction of sp³-hybridized carbons (Fsp3) is 0.0909. The van der Waals surface area contributed by atoms with Crippen molar-refractivity contribution in [2.45, 2.75) is 0 Å². The van der Waals surface area contributed by atoms with Gasteiger partial charge in [0.2, 0.25) is 4.74 Å². The van der Waals surface area contributed by atoms with Gasteiger partial charge in [-0.15, -0.1) is 11.8 Å². The first kappa shape index (κ1) is 10.4. The summed E-state index contributed by atoms with van der Waals surface area (Å²) in [6.45, 7) is 0. The third kappa shape index (κ3) is 1.96. The molecule has 0 bridgehead atoms. The van der Waals surface area contributed by atoms with Crippen LogP contribution >= 0.6 is 23.1 Å². The zero-order valence-electron chi connectivity index (χ0n) is 8.11. The lowest BCUT2D eigenvalue weighted by Gasteiger charge is -2.00. The fourth-order valence-corrected chi connectivity index (χ4v) is 2.63. The second-order valence-electron chi connectivity index (χ2n) is 3.02. The minimum Gasteiger partial charge on any atom is -0.293 e. The molecule has 0 amide bonds. The quantitative estimate of drug-likeness (QED) is 0.610. The normalized spacial score (nSPS) is 10.5. The zero-order chi connectivity index (χ0) is 10.8. The number of nitrogens with one attached hydrogen (secondary N) is 1. The van der Waals surface area contributed by atoms with Gasteiger partial charge in [-0.3, -0.25) is 10.2 Å². The van der Waals surface area contributed by atoms with Gasteiger partial charge in [0, 0.05) is 4.70 Å². The van der Waals surface area contributed by atoms with Gasteiger partial charge in [-0.2, -0.15) is 0 Å². The summed E-state index contributed by atoms with van der Waals surface area (Å²) < 4.78 is 0.938. The second kappa shape index (κ2) is 4.16. The lowest BCUT2D eigenvalue weighted by molar-refractivity contribution is 1.53. The molecule has 76 valence electrons. The van der Waals surface area contributed by atoms with E-state index >= 15 is 0 Å². The summed E-state index contributed by atoms with van der Waals surface area (Å²) in [7, 11) is 0. The maximum absolute atomic E-state index is 11.7. The van der Waals surface area contributed by atoms with Crippen LogP contribution in [0.15, 0.2) is 35.1 Å². The summed E-state index contributed by atoms with van der Waals surface area (Å²) in [4.78, 5) is 11.7. The van der Waals surface area contributed by atoms with Crippen LogP contribution in [0.4, 0.5) is 0 Å². The summed E-state index contributed by atoms with van der Waals surface area (Å²) in [5, 5.41) is 9.02. The molecule has 2 nitrogen and oxygen atoms in total. The highest BCUT2D eigenvalue weighted by atomic mass is 32.2. The van der Waals surface area contributed by atoms with Gasteiger partial charge in [0.15, 0.2) is 0 Å². The zero-order valence-corrected chi connectivity index (χ0v) is 9.74. The molecule has 1 heterocycles. The molecule has 1 aromatic carbocycles. The van der Waals surface area contributed by atoms with Gasteiger partial charge >= 0.3 is 0 Å². The molecule has 1 aromatic heterocycles. The van der Waals surface area contributed by atoms with E-state index < -0.39 is 0 Å². The van der Waals surface area contributed by atoms with Crippen LogP contribution in [-0.4, -0.2) is 11.3 Å². The van der Waals surface area contributed by atoms with Crippen LogP contribution in [0.2, 0.25) is 0 Å². The molecule has 4 heteroatoms. The molecule has 0 saturated carbocycles. The van der Waals surface area contributed by atoms with Crippen molar-refractivity contribution in [1.82, 2.24) is 0 Å². The van der Waals surface area contributed by atoms with Gasteiger partial charge in [-0.25, -0.2) is 0 Å². The van der Waals surface area contributed by atoms with Gasteiger partial charge in [0.1, 0.15) is 0 Å². The smallest absolute Gasteiger partial charge is 0.242 e. The van der Waals surface area contributed by atoms with Crippen molar-refractivity contribution in [3.8, 4) is 0 Å². The van der Waals surface area contributed by atoms with Crippen molar-refractivity contribution in [2.75, 3.05) is 6.26 Å². The first-order valence-corrected chi connectivity index (χ1v) is 6.42. The SMILES string of the molecule is CSC(=N)c1cc2ccccc2sc1=O. The summed E-state index contributed by atoms with van der Waals surface area (Å²) >= 11 is 2.49. The largest absolute Gasteiger partial charge is 0.293 e. The maximum atomic E-state index is 11.7. The van der Waals surface area contributed by atoms with Crippen molar-refractivity contribution in [1.29, 1.82) is 5.41 Å². The first-order chi connectivity index (χ1) is 7.22. The highest BCUT2D eigenvalue weighted by Crippen LogP contribution is 2.18. The number of rotatable bonds is 1. The molecule has 0 aliphatic rings. The molecule has 15 heavy (non-hydrogen) atoms. The Kier molecular flexibility index (Phi) is 2.88. The topological polar surface area (TPSA) is 40.9 Å². The number of hydrogen-bond donors (Lipinski definition) is 1. The third-order valence-electron chi connectivity index (χ3n) is 2.09. The van der Waals surface area contributed by atoms with E-state index in [0.717, 1.165) is 10.1 Å². The molecule has 0 spiro atoms. The Morgan fingerprint density at radius 1 is 1.40 bits per heavy atom. The number of thioether (sulfide) groups is 1. The van der Waals surface area contributed by atoms with Crippen molar-refractivity contribution in [3.63, 3.8) is 0 Å². The Balaban J connectivity index is 2.73. The lowest BCUT2D eigenvalue weighted by Crippen LogP contribution is -2.08. The second-order valence-corrected chi connectivity index (χ2v) is 4.85. The van der Waals surface area contributed by atoms with E-state index in [1.165, 1.54) is 23.1 Å². The van der Waals surface area contributed by atoms with E-state index in [1.54, 1.807) is 6.07 Å². The molecule has 0 aliphatic carbocycles. The van der Waals surface area contributed by atoms with Gasteiger partial charge < -0.3 is 0 Å². The minimum absolute atomic E-state index is 0.0342. The van der Waals surface area contributed by atoms with E-state index in [9.17, 15) is 4.79 Å². The highest BCUT2D eigenvalue weighted by molar-refractivity contribution is 8.13. The average molecular weight is 235 g/mol. The molecule has 0 fully saturated rings. The Labute approximate surface area is 95.5 Å². The molecule has 0 radical (unpaired) electrons. The summed E-state index contributed by atoms with van der Waals surface area (Å²) in [5.74, 6) is 0. The summed E-state index contributed by atoms with van der Waals surface area (Å²) in [5.41, 5.74) is 0.506. The summed E-state index contributed by atoms with van der Waals surface area (Å²) in [6.07, 6.45) is 1.81. The van der Waals surface area contributed by atoms with E-state index in [1.807, 2.05) is 30.5 Å². The Hall–Kier alpha value is -1.13. The van der Waals surface area contributed by atoms with Crippen LogP contribution in [0.5, 0.6) is 0 Å². The van der Waals surface area contributed by atoms with Gasteiger partial charge in [0.25, 0.3) is 0 Å². The first-order valence-electron chi connectivity index (χ1n) is 4.38. The van der Waals surface area contributed by atoms with E-state index in [4.69, 9.17) is 5.41 Å². The molecule has 0 aliphatic heterocycles. The van der Waals surface area contributed by atoms with E-state index in [0.29, 0.717) is 10.6 Å². The number of fused-ring (bicyclic) bond motifs is 1. The lowest BCUT2D eigenvalue weighted by atomic mass is 10.2. The molecule has 2 aromatic rings. The van der Waals surface area contributed by atoms with Crippen LogP contribution in [0, 0.1) is 5.41 Å². The number of hydrogen-bond acceptors (Lipinski definition) is 4. The van der Waals surface area contributed by atoms with E-state index in [-0.39, 0.29) is 4.74 Å². The van der Waals surface area contributed by atoms with Crippen molar-refractivity contribution >= 4 is 38.2 Å². The van der Waals surface area contributed by atoms with Gasteiger partial charge in [-0.1, -0.05) is 29.5 Å². The van der Waals surface area contributed by atoms with E-state index in [2.05, 4.69) is 0 Å². The Morgan fingerprint density at radius 3 is 2.87 bits per heavy atom. The van der Waals surface area contributed by atoms with Crippen molar-refractivity contribution < 1.29 is 0 Å². The molecule has 0 atom stereocenters. The maximum Gasteiger partial charge on any atom is 0.242 e. The monoisotopic (exact) mass is 235 g/mol. The predicted molar refractivity (Wildman–Crippen MR) is 68.4 cm³/mol. The van der Waals surface area contributed by atoms with Crippen molar-refractivity contribution in [2.24, 2.45) is 0 Å². The van der Waals surface area contributed by atoms with Gasteiger partial charge in [-0.05, 0) is 23.8 Å². The average Bonchev–Trinajstić information content (AvgIpc) is 2.27. The molecular weight excluding hydrogens is 226 g/mol. The molecule has 0 saturated heterocycles. The number of benzene rings is 1. The van der Waals surface area contributed by atoms with Gasteiger partial charge in [0.05, 0.1) is 10.6 Å². The van der Waals surface area contributed by atoms with Crippen LogP contribution in [0.25, 0.3) is 10.1 Å². The molecule has 2 rings (SSSR count). The standard InChI is InChI=1S/C11H9NOS2/c1-14-10(12)8-6-7-4-2-3-5-9(7)15-11(8)13/h2-6,12H,1H3. The molecule has 0 unspecified atom stereocenters. The fourth-order valence-electron chi connectivity index (χ4n) is 1.33. The molecule has 1 N–H and O–H groups in total.